The smallest absolute Gasteiger partial charge is 0.227 e. The van der Waals surface area contributed by atoms with Gasteiger partial charge in [0.2, 0.25) is 5.91 Å². The van der Waals surface area contributed by atoms with E-state index in [1.807, 2.05) is 13.0 Å². The van der Waals surface area contributed by atoms with Crippen molar-refractivity contribution >= 4 is 17.3 Å². The fourth-order valence-electron chi connectivity index (χ4n) is 1.67. The Labute approximate surface area is 117 Å². The lowest BCUT2D eigenvalue weighted by Crippen LogP contribution is -2.15. The fourth-order valence-corrected chi connectivity index (χ4v) is 1.67. The molecule has 0 aliphatic heterocycles. The van der Waals surface area contributed by atoms with Crippen LogP contribution >= 0.6 is 0 Å². The summed E-state index contributed by atoms with van der Waals surface area (Å²) < 4.78 is 5.46. The van der Waals surface area contributed by atoms with Gasteiger partial charge in [-0.2, -0.15) is 0 Å². The lowest BCUT2D eigenvalue weighted by molar-refractivity contribution is -0.116. The fraction of sp³-hybridized carbons (Fsp3) is 0.200. The van der Waals surface area contributed by atoms with E-state index < -0.39 is 0 Å². The molecule has 1 heterocycles. The Morgan fingerprint density at radius 2 is 2.05 bits per heavy atom. The molecule has 5 heteroatoms. The topological polar surface area (TPSA) is 77.2 Å². The average Bonchev–Trinajstić information content (AvgIpc) is 2.41. The van der Waals surface area contributed by atoms with Gasteiger partial charge in [-0.15, -0.1) is 0 Å². The maximum Gasteiger partial charge on any atom is 0.227 e. The number of carbonyl (C=O) groups is 1. The van der Waals surface area contributed by atoms with E-state index in [-0.39, 0.29) is 12.3 Å². The van der Waals surface area contributed by atoms with Gasteiger partial charge in [-0.25, -0.2) is 0 Å². The number of ether oxygens (including phenoxy) is 1. The highest BCUT2D eigenvalue weighted by atomic mass is 16.5. The van der Waals surface area contributed by atoms with E-state index >= 15 is 0 Å². The number of pyridine rings is 1. The van der Waals surface area contributed by atoms with Crippen molar-refractivity contribution in [2.45, 2.75) is 13.3 Å². The van der Waals surface area contributed by atoms with E-state index in [0.717, 1.165) is 5.56 Å². The Morgan fingerprint density at radius 3 is 2.75 bits per heavy atom. The third kappa shape index (κ3) is 4.28. The van der Waals surface area contributed by atoms with Gasteiger partial charge in [0.15, 0.2) is 0 Å². The molecule has 0 radical (unpaired) electrons. The van der Waals surface area contributed by atoms with E-state index in [0.29, 0.717) is 23.7 Å². The van der Waals surface area contributed by atoms with E-state index in [1.165, 1.54) is 0 Å². The number of anilines is 2. The van der Waals surface area contributed by atoms with Crippen LogP contribution in [0.1, 0.15) is 12.0 Å². The Hall–Kier alpha value is -2.56. The number of nitrogens with one attached hydrogen (secondary N) is 1. The number of hydrogen-bond donors (Lipinski definition) is 2. The van der Waals surface area contributed by atoms with E-state index in [9.17, 15) is 4.79 Å². The van der Waals surface area contributed by atoms with Gasteiger partial charge in [0, 0.05) is 11.9 Å². The molecule has 2 aromatic rings. The van der Waals surface area contributed by atoms with Crippen LogP contribution < -0.4 is 15.8 Å². The van der Waals surface area contributed by atoms with Crippen molar-refractivity contribution < 1.29 is 9.53 Å². The summed E-state index contributed by atoms with van der Waals surface area (Å²) in [6, 6.07) is 8.93. The van der Waals surface area contributed by atoms with E-state index in [4.69, 9.17) is 10.5 Å². The highest BCUT2D eigenvalue weighted by Gasteiger charge is 2.03. The lowest BCUT2D eigenvalue weighted by Gasteiger charge is -2.07. The maximum atomic E-state index is 11.7. The lowest BCUT2D eigenvalue weighted by atomic mass is 10.3. The number of aromatic nitrogens is 1. The molecule has 0 saturated heterocycles. The van der Waals surface area contributed by atoms with Crippen molar-refractivity contribution in [1.29, 1.82) is 0 Å². The highest BCUT2D eigenvalue weighted by Crippen LogP contribution is 2.13. The van der Waals surface area contributed by atoms with Crippen molar-refractivity contribution in [2.24, 2.45) is 0 Å². The first-order valence-corrected chi connectivity index (χ1v) is 6.33. The van der Waals surface area contributed by atoms with Crippen LogP contribution in [0.5, 0.6) is 5.75 Å². The zero-order valence-electron chi connectivity index (χ0n) is 11.3. The van der Waals surface area contributed by atoms with Crippen LogP contribution in [0.25, 0.3) is 0 Å². The van der Waals surface area contributed by atoms with Crippen LogP contribution in [0.15, 0.2) is 42.7 Å². The molecular weight excluding hydrogens is 254 g/mol. The van der Waals surface area contributed by atoms with Crippen LogP contribution in [-0.2, 0) is 4.79 Å². The number of amides is 1. The van der Waals surface area contributed by atoms with E-state index in [1.54, 1.807) is 36.7 Å². The van der Waals surface area contributed by atoms with Gasteiger partial charge >= 0.3 is 0 Å². The van der Waals surface area contributed by atoms with Crippen LogP contribution in [0.4, 0.5) is 11.4 Å². The van der Waals surface area contributed by atoms with Gasteiger partial charge in [0.05, 0.1) is 24.9 Å². The molecule has 0 aliphatic rings. The molecule has 20 heavy (non-hydrogen) atoms. The van der Waals surface area contributed by atoms with Crippen molar-refractivity contribution in [3.05, 3.63) is 48.3 Å². The second kappa shape index (κ2) is 6.56. The van der Waals surface area contributed by atoms with Gasteiger partial charge in [-0.1, -0.05) is 0 Å². The second-order valence-corrected chi connectivity index (χ2v) is 4.47. The first-order chi connectivity index (χ1) is 9.63. The van der Waals surface area contributed by atoms with Gasteiger partial charge in [0.25, 0.3) is 0 Å². The Kier molecular flexibility index (Phi) is 4.55. The summed E-state index contributed by atoms with van der Waals surface area (Å²) in [5, 5.41) is 2.78. The Balaban J connectivity index is 1.76. The molecule has 0 atom stereocenters. The minimum Gasteiger partial charge on any atom is -0.493 e. The molecule has 5 nitrogen and oxygen atoms in total. The van der Waals surface area contributed by atoms with E-state index in [2.05, 4.69) is 10.3 Å². The zero-order chi connectivity index (χ0) is 14.4. The van der Waals surface area contributed by atoms with Gasteiger partial charge in [0.1, 0.15) is 5.75 Å². The highest BCUT2D eigenvalue weighted by molar-refractivity contribution is 5.90. The molecule has 1 amide bonds. The molecule has 0 spiro atoms. The standard InChI is InChI=1S/C15H17N3O2/c1-11-8-13(10-17-9-11)18-15(19)6-7-20-14-4-2-12(16)3-5-14/h2-5,8-10H,6-7,16H2,1H3,(H,18,19). The molecule has 0 saturated carbocycles. The number of rotatable bonds is 5. The summed E-state index contributed by atoms with van der Waals surface area (Å²) in [6.45, 7) is 2.24. The molecule has 0 aliphatic carbocycles. The summed E-state index contributed by atoms with van der Waals surface area (Å²) in [4.78, 5) is 15.7. The van der Waals surface area contributed by atoms with Crippen LogP contribution in [-0.4, -0.2) is 17.5 Å². The number of nitrogen functional groups attached to an aromatic ring is 1. The first kappa shape index (κ1) is 13.9. The van der Waals surface area contributed by atoms with Crippen LogP contribution in [0, 0.1) is 6.92 Å². The second-order valence-electron chi connectivity index (χ2n) is 4.47. The predicted molar refractivity (Wildman–Crippen MR) is 78.6 cm³/mol. The molecule has 1 aromatic heterocycles. The third-order valence-electron chi connectivity index (χ3n) is 2.64. The number of aryl methyl sites for hydroxylation is 1. The summed E-state index contributed by atoms with van der Waals surface area (Å²) in [7, 11) is 0. The van der Waals surface area contributed by atoms with Gasteiger partial charge in [-0.05, 0) is 42.8 Å². The largest absolute Gasteiger partial charge is 0.493 e. The van der Waals surface area contributed by atoms with Gasteiger partial charge in [-0.3, -0.25) is 9.78 Å². The normalized spacial score (nSPS) is 10.1. The monoisotopic (exact) mass is 271 g/mol. The Bertz CT molecular complexity index is 582. The molecule has 3 N–H and O–H groups in total. The van der Waals surface area contributed by atoms with Crippen molar-refractivity contribution in [1.82, 2.24) is 4.98 Å². The molecule has 1 aromatic carbocycles. The quantitative estimate of drug-likeness (QED) is 0.818. The molecule has 104 valence electrons. The minimum atomic E-state index is -0.104. The molecule has 0 unspecified atom stereocenters. The first-order valence-electron chi connectivity index (χ1n) is 6.33. The molecule has 0 fully saturated rings. The predicted octanol–water partition coefficient (Wildman–Crippen LogP) is 2.38. The summed E-state index contributed by atoms with van der Waals surface area (Å²) in [5.74, 6) is 0.595. The summed E-state index contributed by atoms with van der Waals surface area (Å²) in [5.41, 5.74) is 7.96. The van der Waals surface area contributed by atoms with Crippen molar-refractivity contribution in [3.63, 3.8) is 0 Å². The van der Waals surface area contributed by atoms with Crippen molar-refractivity contribution in [2.75, 3.05) is 17.7 Å². The van der Waals surface area contributed by atoms with Gasteiger partial charge < -0.3 is 15.8 Å². The molecule has 0 bridgehead atoms. The number of nitrogens with zero attached hydrogens (tertiary/aromatic N) is 1. The summed E-state index contributed by atoms with van der Waals surface area (Å²) >= 11 is 0. The average molecular weight is 271 g/mol. The number of nitrogens with two attached hydrogens (primary N) is 1. The molecule has 2 rings (SSSR count). The van der Waals surface area contributed by atoms with Crippen LogP contribution in [0.2, 0.25) is 0 Å². The van der Waals surface area contributed by atoms with Crippen molar-refractivity contribution in [3.8, 4) is 5.75 Å². The summed E-state index contributed by atoms with van der Waals surface area (Å²) in [6.07, 6.45) is 3.63. The van der Waals surface area contributed by atoms with Crippen LogP contribution in [0.3, 0.4) is 0 Å². The SMILES string of the molecule is Cc1cncc(NC(=O)CCOc2ccc(N)cc2)c1. The third-order valence-corrected chi connectivity index (χ3v) is 2.64. The number of hydrogen-bond acceptors (Lipinski definition) is 4. The Morgan fingerprint density at radius 1 is 1.30 bits per heavy atom. The number of carbonyl (C=O) groups excluding carboxylic acids is 1. The number of benzene rings is 1. The maximum absolute atomic E-state index is 11.7. The minimum absolute atomic E-state index is 0.104. The zero-order valence-corrected chi connectivity index (χ0v) is 11.3. The molecular formula is C15H17N3O2.